The first-order valence-corrected chi connectivity index (χ1v) is 13.1. The van der Waals surface area contributed by atoms with E-state index in [1.165, 1.54) is 0 Å². The molecule has 2 aromatic rings. The summed E-state index contributed by atoms with van der Waals surface area (Å²) in [6, 6.07) is 5.78. The number of amides is 1. The van der Waals surface area contributed by atoms with Crippen LogP contribution < -0.4 is 10.5 Å². The van der Waals surface area contributed by atoms with Gasteiger partial charge in [0.25, 0.3) is 0 Å². The van der Waals surface area contributed by atoms with Crippen molar-refractivity contribution in [2.45, 2.75) is 51.0 Å². The predicted octanol–water partition coefficient (Wildman–Crippen LogP) is 2.04. The zero-order chi connectivity index (χ0) is 25.7. The van der Waals surface area contributed by atoms with Gasteiger partial charge in [-0.25, -0.2) is 4.98 Å². The van der Waals surface area contributed by atoms with Crippen LogP contribution in [0.15, 0.2) is 30.6 Å². The van der Waals surface area contributed by atoms with Crippen molar-refractivity contribution in [1.29, 1.82) is 0 Å². The fraction of sp³-hybridized carbons (Fsp3) is 0.593. The summed E-state index contributed by atoms with van der Waals surface area (Å²) in [5, 5.41) is 10.4. The van der Waals surface area contributed by atoms with E-state index in [-0.39, 0.29) is 24.4 Å². The number of nitrogens with two attached hydrogens (primary N) is 1. The highest BCUT2D eigenvalue weighted by Gasteiger charge is 2.47. The third-order valence-electron chi connectivity index (χ3n) is 7.63. The van der Waals surface area contributed by atoms with Gasteiger partial charge in [0.15, 0.2) is 0 Å². The van der Waals surface area contributed by atoms with Gasteiger partial charge in [0, 0.05) is 70.4 Å². The van der Waals surface area contributed by atoms with Gasteiger partial charge in [-0.05, 0) is 30.0 Å². The Kier molecular flexibility index (Phi) is 8.64. The molecule has 0 spiro atoms. The summed E-state index contributed by atoms with van der Waals surface area (Å²) in [5.74, 6) is 0.180. The molecule has 3 N–H and O–H groups in total. The van der Waals surface area contributed by atoms with Gasteiger partial charge in [-0.2, -0.15) is 0 Å². The molecule has 0 bridgehead atoms. The van der Waals surface area contributed by atoms with Crippen LogP contribution in [0.1, 0.15) is 49.1 Å². The zero-order valence-electron chi connectivity index (χ0n) is 21.4. The molecule has 0 aliphatic carbocycles. The van der Waals surface area contributed by atoms with Crippen LogP contribution in [0.25, 0.3) is 0 Å². The molecule has 2 aliphatic rings. The molecule has 3 heterocycles. The number of carbonyl (C=O) groups is 2. The van der Waals surface area contributed by atoms with E-state index in [4.69, 9.17) is 10.5 Å². The maximum atomic E-state index is 13.3. The highest BCUT2D eigenvalue weighted by Crippen LogP contribution is 2.41. The van der Waals surface area contributed by atoms with E-state index < -0.39 is 11.9 Å². The monoisotopic (exact) mass is 497 g/mol. The van der Waals surface area contributed by atoms with Gasteiger partial charge in [-0.1, -0.05) is 25.5 Å². The molecule has 1 unspecified atom stereocenters. The minimum absolute atomic E-state index is 0.0167. The molecule has 4 rings (SSSR count). The number of unbranched alkanes of at least 4 members (excludes halogenated alkanes) is 1. The van der Waals surface area contributed by atoms with Gasteiger partial charge >= 0.3 is 5.97 Å². The molecule has 0 radical (unpaired) electrons. The Labute approximate surface area is 213 Å². The van der Waals surface area contributed by atoms with Gasteiger partial charge in [-0.15, -0.1) is 0 Å². The predicted molar refractivity (Wildman–Crippen MR) is 137 cm³/mol. The van der Waals surface area contributed by atoms with E-state index in [2.05, 4.69) is 22.9 Å². The Morgan fingerprint density at radius 3 is 2.83 bits per heavy atom. The number of carboxylic acids is 1. The maximum Gasteiger partial charge on any atom is 0.308 e. The lowest BCUT2D eigenvalue weighted by Crippen LogP contribution is -2.45. The van der Waals surface area contributed by atoms with Gasteiger partial charge in [0.1, 0.15) is 11.6 Å². The number of rotatable bonds is 12. The smallest absolute Gasteiger partial charge is 0.308 e. The Hall–Kier alpha value is -2.91. The summed E-state index contributed by atoms with van der Waals surface area (Å²) < 4.78 is 7.63. The molecular formula is C27H39N5O4. The second kappa shape index (κ2) is 11.9. The number of aliphatic carboxylic acids is 1. The van der Waals surface area contributed by atoms with Crippen LogP contribution in [0, 0.1) is 5.92 Å². The average molecular weight is 498 g/mol. The first-order chi connectivity index (χ1) is 17.4. The van der Waals surface area contributed by atoms with Crippen LogP contribution in [0.3, 0.4) is 0 Å². The molecule has 1 aromatic carbocycles. The Balaban J connectivity index is 1.60. The standard InChI is InChI=1S/C27H39N5O4/c1-3-4-12-31(13-10-28)25(33)18-32-17-21(19-5-7-23-20(16-19)9-15-36-23)26(27(34)35)22(32)6-8-24-29-11-14-30(24)2/h5,7,11,14,16,21-22,26H,3-4,6,8-10,12-13,15,17-18,28H2,1-2H3,(H,34,35)/t21-,22+,26?/m1/s1. The van der Waals surface area contributed by atoms with E-state index in [0.717, 1.165) is 42.0 Å². The second-order valence-electron chi connectivity index (χ2n) is 9.95. The van der Waals surface area contributed by atoms with Crippen molar-refractivity contribution in [3.05, 3.63) is 47.5 Å². The Morgan fingerprint density at radius 2 is 2.14 bits per heavy atom. The van der Waals surface area contributed by atoms with Crippen molar-refractivity contribution in [1.82, 2.24) is 19.4 Å². The summed E-state index contributed by atoms with van der Waals surface area (Å²) in [6.45, 7) is 5.09. The Bertz CT molecular complexity index is 1050. The number of nitrogens with zero attached hydrogens (tertiary/aromatic N) is 4. The van der Waals surface area contributed by atoms with Crippen LogP contribution in [-0.4, -0.2) is 81.7 Å². The normalized spacial score (nSPS) is 21.4. The summed E-state index contributed by atoms with van der Waals surface area (Å²) in [4.78, 5) is 34.4. The first kappa shape index (κ1) is 26.2. The molecular weight excluding hydrogens is 458 g/mol. The van der Waals surface area contributed by atoms with Crippen LogP contribution in [0.4, 0.5) is 0 Å². The van der Waals surface area contributed by atoms with Crippen LogP contribution in [0.5, 0.6) is 5.75 Å². The molecule has 1 amide bonds. The summed E-state index contributed by atoms with van der Waals surface area (Å²) in [6.07, 6.45) is 7.67. The lowest BCUT2D eigenvalue weighted by atomic mass is 9.83. The molecule has 36 heavy (non-hydrogen) atoms. The van der Waals surface area contributed by atoms with Crippen molar-refractivity contribution >= 4 is 11.9 Å². The van der Waals surface area contributed by atoms with Gasteiger partial charge in [-0.3, -0.25) is 14.5 Å². The number of benzene rings is 1. The van der Waals surface area contributed by atoms with E-state index in [1.807, 2.05) is 34.8 Å². The van der Waals surface area contributed by atoms with Crippen LogP contribution in [0.2, 0.25) is 0 Å². The van der Waals surface area contributed by atoms with Crippen molar-refractivity contribution in [3.63, 3.8) is 0 Å². The second-order valence-corrected chi connectivity index (χ2v) is 9.95. The minimum atomic E-state index is -0.818. The number of aromatic nitrogens is 2. The van der Waals surface area contributed by atoms with Gasteiger partial charge < -0.3 is 25.0 Å². The Morgan fingerprint density at radius 1 is 1.31 bits per heavy atom. The van der Waals surface area contributed by atoms with E-state index in [9.17, 15) is 14.7 Å². The lowest BCUT2D eigenvalue weighted by molar-refractivity contribution is -0.143. The average Bonchev–Trinajstić information content (AvgIpc) is 3.58. The van der Waals surface area contributed by atoms with Crippen molar-refractivity contribution in [3.8, 4) is 5.75 Å². The number of ether oxygens (including phenoxy) is 1. The molecule has 9 heteroatoms. The van der Waals surface area contributed by atoms with Crippen LogP contribution in [-0.2, 0) is 29.5 Å². The largest absolute Gasteiger partial charge is 0.493 e. The number of likely N-dealkylation sites (tertiary alicyclic amines) is 1. The van der Waals surface area contributed by atoms with Gasteiger partial charge in [0.05, 0.1) is 19.1 Å². The quantitative estimate of drug-likeness (QED) is 0.461. The molecule has 2 aliphatic heterocycles. The lowest BCUT2D eigenvalue weighted by Gasteiger charge is -2.29. The fourth-order valence-corrected chi connectivity index (χ4v) is 5.68. The van der Waals surface area contributed by atoms with Crippen molar-refractivity contribution in [2.24, 2.45) is 18.7 Å². The fourth-order valence-electron chi connectivity index (χ4n) is 5.68. The first-order valence-electron chi connectivity index (χ1n) is 13.1. The van der Waals surface area contributed by atoms with E-state index in [1.54, 1.807) is 6.20 Å². The molecule has 1 fully saturated rings. The third-order valence-corrected chi connectivity index (χ3v) is 7.63. The highest BCUT2D eigenvalue weighted by molar-refractivity contribution is 5.79. The molecule has 0 saturated carbocycles. The number of aryl methyl sites for hydroxylation is 2. The summed E-state index contributed by atoms with van der Waals surface area (Å²) in [5.41, 5.74) is 7.93. The summed E-state index contributed by atoms with van der Waals surface area (Å²) >= 11 is 0. The molecule has 9 nitrogen and oxygen atoms in total. The van der Waals surface area contributed by atoms with Gasteiger partial charge in [0.2, 0.25) is 5.91 Å². The van der Waals surface area contributed by atoms with Crippen LogP contribution >= 0.6 is 0 Å². The number of carboxylic acid groups (broad SMARTS) is 1. The van der Waals surface area contributed by atoms with E-state index >= 15 is 0 Å². The maximum absolute atomic E-state index is 13.3. The highest BCUT2D eigenvalue weighted by atomic mass is 16.5. The molecule has 1 saturated heterocycles. The number of carbonyl (C=O) groups excluding carboxylic acids is 1. The van der Waals surface area contributed by atoms with Crippen molar-refractivity contribution in [2.75, 3.05) is 39.3 Å². The minimum Gasteiger partial charge on any atom is -0.493 e. The summed E-state index contributed by atoms with van der Waals surface area (Å²) in [7, 11) is 1.95. The number of fused-ring (bicyclic) bond motifs is 1. The topological polar surface area (TPSA) is 114 Å². The molecule has 1 aromatic heterocycles. The zero-order valence-corrected chi connectivity index (χ0v) is 21.4. The third kappa shape index (κ3) is 5.73. The molecule has 196 valence electrons. The van der Waals surface area contributed by atoms with Crippen molar-refractivity contribution < 1.29 is 19.4 Å². The van der Waals surface area contributed by atoms with E-state index in [0.29, 0.717) is 45.6 Å². The number of hydrogen-bond acceptors (Lipinski definition) is 6. The number of imidazole rings is 1. The SMILES string of the molecule is CCCCN(CCN)C(=O)CN1C[C@H](c2ccc3c(c2)CCO3)C(C(=O)O)[C@@H]1CCc1nccn1C. The molecule has 3 atom stereocenters. The number of hydrogen-bond donors (Lipinski definition) is 2.